The van der Waals surface area contributed by atoms with Crippen LogP contribution < -0.4 is 5.32 Å². The Morgan fingerprint density at radius 1 is 0.647 bits per heavy atom. The van der Waals surface area contributed by atoms with E-state index in [-0.39, 0.29) is 19.1 Å². The molecule has 8 nitrogen and oxygen atoms in total. The van der Waals surface area contributed by atoms with Crippen molar-refractivity contribution in [2.75, 3.05) is 40.9 Å². The first-order valence-corrected chi connectivity index (χ1v) is 23.0. The molecular formula is C42H86N2O6P+. The third-order valence-electron chi connectivity index (χ3n) is 9.76. The Morgan fingerprint density at radius 2 is 1.06 bits per heavy atom. The topological polar surface area (TPSA) is 105 Å². The van der Waals surface area contributed by atoms with Gasteiger partial charge < -0.3 is 19.8 Å². The molecule has 0 radical (unpaired) electrons. The third kappa shape index (κ3) is 37.4. The highest BCUT2D eigenvalue weighted by molar-refractivity contribution is 7.47. The van der Waals surface area contributed by atoms with Gasteiger partial charge in [0.25, 0.3) is 0 Å². The molecule has 0 rings (SSSR count). The quantitative estimate of drug-likeness (QED) is 0.0250. The van der Waals surface area contributed by atoms with Gasteiger partial charge in [-0.25, -0.2) is 4.57 Å². The molecule has 3 N–H and O–H groups in total. The number of hydrogen-bond acceptors (Lipinski definition) is 5. The van der Waals surface area contributed by atoms with E-state index in [1.807, 2.05) is 21.1 Å². The van der Waals surface area contributed by atoms with Crippen molar-refractivity contribution in [1.82, 2.24) is 5.32 Å². The molecule has 0 spiro atoms. The van der Waals surface area contributed by atoms with E-state index < -0.39 is 20.0 Å². The molecule has 0 saturated heterocycles. The Balaban J connectivity index is 4.25. The summed E-state index contributed by atoms with van der Waals surface area (Å²) in [7, 11) is 1.61. The first-order valence-electron chi connectivity index (χ1n) is 21.6. The maximum Gasteiger partial charge on any atom is 0.472 e. The van der Waals surface area contributed by atoms with E-state index in [2.05, 4.69) is 31.3 Å². The Bertz CT molecular complexity index is 850. The molecular weight excluding hydrogens is 659 g/mol. The van der Waals surface area contributed by atoms with Gasteiger partial charge in [0.15, 0.2) is 0 Å². The number of phosphoric acid groups is 1. The minimum Gasteiger partial charge on any atom is -0.391 e. The highest BCUT2D eigenvalue weighted by Gasteiger charge is 2.28. The highest BCUT2D eigenvalue weighted by Crippen LogP contribution is 2.43. The Kier molecular flexibility index (Phi) is 34.5. The van der Waals surface area contributed by atoms with Crippen LogP contribution >= 0.6 is 7.82 Å². The molecule has 1 amide bonds. The largest absolute Gasteiger partial charge is 0.472 e. The Morgan fingerprint density at radius 3 is 1.51 bits per heavy atom. The fourth-order valence-electron chi connectivity index (χ4n) is 6.28. The molecule has 0 aliphatic rings. The lowest BCUT2D eigenvalue weighted by atomic mass is 10.0. The van der Waals surface area contributed by atoms with Gasteiger partial charge in [-0.1, -0.05) is 167 Å². The maximum absolute atomic E-state index is 12.8. The standard InChI is InChI=1S/C42H85N2O6P/c1-6-8-10-12-14-16-17-18-19-20-21-22-23-24-25-26-28-30-32-34-36-42(46)43-40(39-50-51(47,48)49-38-37-44(3,4)5)41(45)35-33-31-29-27-15-13-11-9-7-2/h21-22,40-41,45H,6-20,23-39H2,1-5H3,(H-,43,46,47,48)/p+1/b22-21-. The average molecular weight is 746 g/mol. The summed E-state index contributed by atoms with van der Waals surface area (Å²) in [5.74, 6) is -0.150. The predicted molar refractivity (Wildman–Crippen MR) is 217 cm³/mol. The van der Waals surface area contributed by atoms with Crippen LogP contribution in [0, 0.1) is 0 Å². The van der Waals surface area contributed by atoms with Gasteiger partial charge in [-0.15, -0.1) is 0 Å². The number of unbranched alkanes of at least 4 members (excludes halogenated alkanes) is 24. The normalized spacial score (nSPS) is 14.6. The molecule has 304 valence electrons. The van der Waals surface area contributed by atoms with Gasteiger partial charge in [0.1, 0.15) is 13.2 Å². The fraction of sp³-hybridized carbons (Fsp3) is 0.929. The summed E-state index contributed by atoms with van der Waals surface area (Å²) in [6, 6.07) is -0.756. The van der Waals surface area contributed by atoms with Gasteiger partial charge in [-0.3, -0.25) is 13.8 Å². The number of nitrogens with one attached hydrogen (secondary N) is 1. The van der Waals surface area contributed by atoms with Crippen molar-refractivity contribution in [1.29, 1.82) is 0 Å². The Hall–Kier alpha value is -0.760. The minimum atomic E-state index is -4.30. The van der Waals surface area contributed by atoms with Crippen LogP contribution in [0.4, 0.5) is 0 Å². The molecule has 0 aromatic carbocycles. The van der Waals surface area contributed by atoms with Crippen LogP contribution in [-0.4, -0.2) is 73.4 Å². The van der Waals surface area contributed by atoms with Crippen molar-refractivity contribution in [3.63, 3.8) is 0 Å². The minimum absolute atomic E-state index is 0.0752. The number of amides is 1. The first-order chi connectivity index (χ1) is 24.5. The van der Waals surface area contributed by atoms with Crippen LogP contribution in [0.3, 0.4) is 0 Å². The summed E-state index contributed by atoms with van der Waals surface area (Å²) in [5, 5.41) is 13.9. The molecule has 0 bridgehead atoms. The lowest BCUT2D eigenvalue weighted by molar-refractivity contribution is -0.870. The van der Waals surface area contributed by atoms with Crippen molar-refractivity contribution < 1.29 is 32.9 Å². The zero-order valence-corrected chi connectivity index (χ0v) is 35.3. The van der Waals surface area contributed by atoms with E-state index in [0.717, 1.165) is 38.5 Å². The van der Waals surface area contributed by atoms with E-state index in [1.165, 1.54) is 135 Å². The van der Waals surface area contributed by atoms with E-state index in [4.69, 9.17) is 9.05 Å². The number of aliphatic hydroxyl groups excluding tert-OH is 1. The molecule has 0 aliphatic heterocycles. The Labute approximate surface area is 316 Å². The van der Waals surface area contributed by atoms with Crippen LogP contribution in [0.2, 0.25) is 0 Å². The first kappa shape index (κ1) is 50.2. The number of allylic oxidation sites excluding steroid dienone is 2. The van der Waals surface area contributed by atoms with Crippen LogP contribution in [0.25, 0.3) is 0 Å². The second-order valence-corrected chi connectivity index (χ2v) is 17.5. The van der Waals surface area contributed by atoms with Crippen LogP contribution in [0.15, 0.2) is 12.2 Å². The number of nitrogens with zero attached hydrogens (tertiary/aromatic N) is 1. The number of rotatable bonds is 39. The summed E-state index contributed by atoms with van der Waals surface area (Å²) < 4.78 is 23.5. The number of phosphoric ester groups is 1. The van der Waals surface area contributed by atoms with Crippen LogP contribution in [0.5, 0.6) is 0 Å². The number of carbonyl (C=O) groups is 1. The molecule has 0 aromatic rings. The third-order valence-corrected chi connectivity index (χ3v) is 10.7. The van der Waals surface area contributed by atoms with Gasteiger partial charge in [-0.05, 0) is 38.5 Å². The summed E-state index contributed by atoms with van der Waals surface area (Å²) in [5.41, 5.74) is 0. The van der Waals surface area contributed by atoms with Gasteiger partial charge in [0.05, 0.1) is 39.9 Å². The molecule has 9 heteroatoms. The second kappa shape index (κ2) is 35.0. The van der Waals surface area contributed by atoms with Crippen molar-refractivity contribution >= 4 is 13.7 Å². The average Bonchev–Trinajstić information content (AvgIpc) is 3.07. The number of likely N-dealkylation sites (N-methyl/N-ethyl adjacent to an activating group) is 1. The highest BCUT2D eigenvalue weighted by atomic mass is 31.2. The van der Waals surface area contributed by atoms with Gasteiger partial charge >= 0.3 is 7.82 Å². The zero-order chi connectivity index (χ0) is 37.9. The molecule has 3 atom stereocenters. The number of quaternary nitrogens is 1. The molecule has 0 saturated carbocycles. The van der Waals surface area contributed by atoms with Crippen molar-refractivity contribution in [3.05, 3.63) is 12.2 Å². The van der Waals surface area contributed by atoms with Crippen molar-refractivity contribution in [2.24, 2.45) is 0 Å². The molecule has 0 aliphatic carbocycles. The molecule has 0 aromatic heterocycles. The summed E-state index contributed by atoms with van der Waals surface area (Å²) in [6.07, 6.45) is 38.1. The monoisotopic (exact) mass is 746 g/mol. The zero-order valence-electron chi connectivity index (χ0n) is 34.4. The van der Waals surface area contributed by atoms with Gasteiger partial charge in [0, 0.05) is 6.42 Å². The summed E-state index contributed by atoms with van der Waals surface area (Å²) in [6.45, 7) is 4.86. The van der Waals surface area contributed by atoms with E-state index >= 15 is 0 Å². The SMILES string of the molecule is CCCCCCCCCCC/C=C\CCCCCCCCCC(=O)NC(COP(=O)(O)OCC[N+](C)(C)C)C(O)CCCCCCCCCCC. The van der Waals surface area contributed by atoms with Crippen molar-refractivity contribution in [3.8, 4) is 0 Å². The summed E-state index contributed by atoms with van der Waals surface area (Å²) in [4.78, 5) is 23.0. The second-order valence-electron chi connectivity index (χ2n) is 16.1. The van der Waals surface area contributed by atoms with Crippen molar-refractivity contribution in [2.45, 2.75) is 212 Å². The lowest BCUT2D eigenvalue weighted by Gasteiger charge is -2.26. The van der Waals surface area contributed by atoms with Crippen LogP contribution in [0.1, 0.15) is 200 Å². The smallest absolute Gasteiger partial charge is 0.391 e. The number of aliphatic hydroxyl groups is 1. The molecule has 0 fully saturated rings. The van der Waals surface area contributed by atoms with Gasteiger partial charge in [0.2, 0.25) is 5.91 Å². The fourth-order valence-corrected chi connectivity index (χ4v) is 7.01. The van der Waals surface area contributed by atoms with E-state index in [0.29, 0.717) is 23.9 Å². The lowest BCUT2D eigenvalue weighted by Crippen LogP contribution is -2.46. The number of hydrogen-bond donors (Lipinski definition) is 3. The van der Waals surface area contributed by atoms with E-state index in [9.17, 15) is 19.4 Å². The molecule has 0 heterocycles. The predicted octanol–water partition coefficient (Wildman–Crippen LogP) is 11.6. The van der Waals surface area contributed by atoms with Crippen LogP contribution in [-0.2, 0) is 18.4 Å². The van der Waals surface area contributed by atoms with E-state index in [1.54, 1.807) is 0 Å². The summed E-state index contributed by atoms with van der Waals surface area (Å²) >= 11 is 0. The van der Waals surface area contributed by atoms with Gasteiger partial charge in [-0.2, -0.15) is 0 Å². The maximum atomic E-state index is 12.8. The molecule has 3 unspecified atom stereocenters. The molecule has 51 heavy (non-hydrogen) atoms. The number of carbonyl (C=O) groups excluding carboxylic acids is 1.